The summed E-state index contributed by atoms with van der Waals surface area (Å²) in [6, 6.07) is 5.64. The third-order valence-electron chi connectivity index (χ3n) is 5.48. The highest BCUT2D eigenvalue weighted by Gasteiger charge is 2.46. The van der Waals surface area contributed by atoms with Crippen molar-refractivity contribution < 1.29 is 50.5 Å². The molecular weight excluding hydrogens is 436 g/mol. The fraction of sp³-hybridized carbons (Fsp3) is 0.632. The Labute approximate surface area is 173 Å². The van der Waals surface area contributed by atoms with Crippen LogP contribution < -0.4 is 4.74 Å². The van der Waals surface area contributed by atoms with Gasteiger partial charge in [-0.2, -0.15) is 13.2 Å². The van der Waals surface area contributed by atoms with Crippen LogP contribution in [0.1, 0.15) is 30.7 Å². The maximum absolute atomic E-state index is 12.7. The third kappa shape index (κ3) is 5.94. The second kappa shape index (κ2) is 8.73. The minimum absolute atomic E-state index is 0.0960. The Hall–Kier alpha value is -2.21. The number of hydrogen-bond donors (Lipinski definition) is 1. The number of carbonyl (C=O) groups is 1. The van der Waals surface area contributed by atoms with E-state index < -0.39 is 36.9 Å². The van der Waals surface area contributed by atoms with Crippen LogP contribution >= 0.6 is 0 Å². The van der Waals surface area contributed by atoms with E-state index in [0.717, 1.165) is 4.90 Å². The van der Waals surface area contributed by atoms with Crippen LogP contribution in [0.2, 0.25) is 0 Å². The first-order chi connectivity index (χ1) is 14.4. The van der Waals surface area contributed by atoms with Gasteiger partial charge in [-0.3, -0.25) is 0 Å². The molecule has 2 fully saturated rings. The summed E-state index contributed by atoms with van der Waals surface area (Å²) in [7, 11) is 0. The van der Waals surface area contributed by atoms with Crippen molar-refractivity contribution in [1.29, 1.82) is 0 Å². The molecule has 3 rings (SSSR count). The Morgan fingerprint density at radius 2 is 1.90 bits per heavy atom. The molecule has 2 heterocycles. The monoisotopic (exact) mass is 457 g/mol. The van der Waals surface area contributed by atoms with Crippen LogP contribution in [0, 0.1) is 0 Å². The zero-order valence-electron chi connectivity index (χ0n) is 16.2. The third-order valence-corrected chi connectivity index (χ3v) is 5.48. The van der Waals surface area contributed by atoms with Crippen molar-refractivity contribution in [3.05, 3.63) is 29.8 Å². The van der Waals surface area contributed by atoms with Gasteiger partial charge in [-0.05, 0) is 37.0 Å². The van der Waals surface area contributed by atoms with Crippen molar-refractivity contribution >= 4 is 6.09 Å². The molecule has 174 valence electrons. The number of halogens is 6. The van der Waals surface area contributed by atoms with Gasteiger partial charge in [-0.25, -0.2) is 4.79 Å². The minimum Gasteiger partial charge on any atom is -0.434 e. The molecule has 0 aromatic heterocycles. The molecule has 0 saturated carbocycles. The normalized spacial score (nSPS) is 22.4. The van der Waals surface area contributed by atoms with Crippen LogP contribution in [0.5, 0.6) is 5.75 Å². The number of rotatable bonds is 4. The summed E-state index contributed by atoms with van der Waals surface area (Å²) in [4.78, 5) is 13.1. The number of likely N-dealkylation sites (tertiary alicyclic amines) is 1. The van der Waals surface area contributed by atoms with Gasteiger partial charge in [0.05, 0.1) is 18.8 Å². The quantitative estimate of drug-likeness (QED) is 0.693. The first-order valence-corrected chi connectivity index (χ1v) is 9.54. The smallest absolute Gasteiger partial charge is 0.434 e. The lowest BCUT2D eigenvalue weighted by Crippen LogP contribution is -2.48. The van der Waals surface area contributed by atoms with Crippen LogP contribution in [-0.2, 0) is 9.47 Å². The van der Waals surface area contributed by atoms with Crippen LogP contribution in [0.25, 0.3) is 0 Å². The number of carbonyl (C=O) groups excluding carboxylic acids is 1. The lowest BCUT2D eigenvalue weighted by atomic mass is 9.83. The Kier molecular flexibility index (Phi) is 6.61. The predicted octanol–water partition coefficient (Wildman–Crippen LogP) is 3.98. The summed E-state index contributed by atoms with van der Waals surface area (Å²) in [5, 5.41) is 8.79. The van der Waals surface area contributed by atoms with Crippen molar-refractivity contribution in [2.24, 2.45) is 0 Å². The number of amides is 1. The summed E-state index contributed by atoms with van der Waals surface area (Å²) in [5.41, 5.74) is -0.000585. The van der Waals surface area contributed by atoms with Gasteiger partial charge < -0.3 is 24.2 Å². The largest absolute Gasteiger partial charge is 0.573 e. The Morgan fingerprint density at radius 1 is 1.23 bits per heavy atom. The topological polar surface area (TPSA) is 68.2 Å². The number of nitrogens with zero attached hydrogens (tertiary/aromatic N) is 1. The number of aliphatic hydroxyl groups excluding tert-OH is 1. The maximum Gasteiger partial charge on any atom is 0.573 e. The fourth-order valence-corrected chi connectivity index (χ4v) is 3.87. The number of aliphatic hydroxyl groups is 1. The van der Waals surface area contributed by atoms with E-state index in [9.17, 15) is 31.1 Å². The number of piperidine rings is 1. The molecule has 0 aliphatic carbocycles. The summed E-state index contributed by atoms with van der Waals surface area (Å²) >= 11 is 0. The van der Waals surface area contributed by atoms with Crippen LogP contribution in [0.3, 0.4) is 0 Å². The minimum atomic E-state index is -4.87. The SMILES string of the molecule is O=C(OC(CO)C(F)(F)F)N1CCC2(CC1)CC(c1cccc(OC(F)(F)F)c1)CO2. The number of alkyl halides is 6. The summed E-state index contributed by atoms with van der Waals surface area (Å²) in [6.07, 6.45) is -12.2. The average Bonchev–Trinajstić information content (AvgIpc) is 3.08. The zero-order valence-corrected chi connectivity index (χ0v) is 16.2. The van der Waals surface area contributed by atoms with E-state index in [-0.39, 0.29) is 31.4 Å². The molecule has 1 amide bonds. The van der Waals surface area contributed by atoms with Gasteiger partial charge in [0.2, 0.25) is 6.10 Å². The molecule has 12 heteroatoms. The number of hydrogen-bond acceptors (Lipinski definition) is 5. The molecule has 2 aliphatic heterocycles. The molecule has 0 bridgehead atoms. The zero-order chi connectivity index (χ0) is 22.9. The van der Waals surface area contributed by atoms with E-state index in [2.05, 4.69) is 9.47 Å². The Bertz CT molecular complexity index is 776. The Morgan fingerprint density at radius 3 is 2.48 bits per heavy atom. The standard InChI is InChI=1S/C19H21F6NO5/c20-18(21,22)15(10-27)30-16(28)26-6-4-17(5-7-26)9-13(11-29-17)12-2-1-3-14(8-12)31-19(23,24)25/h1-3,8,13,15,27H,4-7,9-11H2. The summed E-state index contributed by atoms with van der Waals surface area (Å²) in [5.74, 6) is -0.508. The van der Waals surface area contributed by atoms with Crippen molar-refractivity contribution in [2.45, 2.75) is 49.4 Å². The van der Waals surface area contributed by atoms with Crippen LogP contribution in [-0.4, -0.2) is 66.6 Å². The molecule has 2 saturated heterocycles. The first-order valence-electron chi connectivity index (χ1n) is 9.54. The maximum atomic E-state index is 12.7. The highest BCUT2D eigenvalue weighted by molar-refractivity contribution is 5.68. The van der Waals surface area contributed by atoms with Gasteiger partial charge in [-0.15, -0.1) is 13.2 Å². The van der Waals surface area contributed by atoms with E-state index >= 15 is 0 Å². The molecule has 2 aliphatic rings. The molecule has 1 spiro atoms. The predicted molar refractivity (Wildman–Crippen MR) is 93.4 cm³/mol. The highest BCUT2D eigenvalue weighted by Crippen LogP contribution is 2.43. The van der Waals surface area contributed by atoms with Crippen molar-refractivity contribution in [3.63, 3.8) is 0 Å². The van der Waals surface area contributed by atoms with Gasteiger partial charge in [0.25, 0.3) is 0 Å². The molecule has 0 radical (unpaired) electrons. The molecule has 1 aromatic rings. The van der Waals surface area contributed by atoms with Crippen LogP contribution in [0.4, 0.5) is 31.1 Å². The molecule has 6 nitrogen and oxygen atoms in total. The summed E-state index contributed by atoms with van der Waals surface area (Å²) < 4.78 is 89.5. The van der Waals surface area contributed by atoms with Gasteiger partial charge in [0, 0.05) is 19.0 Å². The van der Waals surface area contributed by atoms with Gasteiger partial charge in [0.15, 0.2) is 0 Å². The second-order valence-electron chi connectivity index (χ2n) is 7.60. The lowest BCUT2D eigenvalue weighted by molar-refractivity contribution is -0.274. The van der Waals surface area contributed by atoms with E-state index in [1.165, 1.54) is 18.2 Å². The van der Waals surface area contributed by atoms with Gasteiger partial charge in [0.1, 0.15) is 5.75 Å². The fourth-order valence-electron chi connectivity index (χ4n) is 3.87. The van der Waals surface area contributed by atoms with E-state index in [0.29, 0.717) is 24.8 Å². The number of ether oxygens (including phenoxy) is 3. The second-order valence-corrected chi connectivity index (χ2v) is 7.60. The Balaban J connectivity index is 1.56. The molecule has 31 heavy (non-hydrogen) atoms. The molecule has 2 atom stereocenters. The van der Waals surface area contributed by atoms with E-state index in [1.54, 1.807) is 6.07 Å². The van der Waals surface area contributed by atoms with Gasteiger partial charge in [-0.1, -0.05) is 12.1 Å². The first kappa shape index (κ1) is 23.5. The average molecular weight is 457 g/mol. The molecular formula is C19H21F6NO5. The summed E-state index contributed by atoms with van der Waals surface area (Å²) in [6.45, 7) is -0.910. The lowest BCUT2D eigenvalue weighted by Gasteiger charge is -2.38. The van der Waals surface area contributed by atoms with E-state index in [1.807, 2.05) is 0 Å². The van der Waals surface area contributed by atoms with Crippen molar-refractivity contribution in [3.8, 4) is 5.75 Å². The van der Waals surface area contributed by atoms with Crippen LogP contribution in [0.15, 0.2) is 24.3 Å². The number of benzene rings is 1. The van der Waals surface area contributed by atoms with Crippen molar-refractivity contribution in [1.82, 2.24) is 4.90 Å². The molecule has 1 aromatic carbocycles. The molecule has 2 unspecified atom stereocenters. The van der Waals surface area contributed by atoms with Crippen molar-refractivity contribution in [2.75, 3.05) is 26.3 Å². The van der Waals surface area contributed by atoms with E-state index in [4.69, 9.17) is 9.84 Å². The molecule has 1 N–H and O–H groups in total. The van der Waals surface area contributed by atoms with Gasteiger partial charge >= 0.3 is 18.6 Å². The highest BCUT2D eigenvalue weighted by atomic mass is 19.4.